The lowest BCUT2D eigenvalue weighted by Crippen LogP contribution is -2.45. The van der Waals surface area contributed by atoms with Gasteiger partial charge in [-0.1, -0.05) is 18.0 Å². The zero-order valence-corrected chi connectivity index (χ0v) is 12.2. The number of fused-ring (bicyclic) bond motifs is 1. The molecule has 110 valence electrons. The van der Waals surface area contributed by atoms with Gasteiger partial charge in [-0.05, 0) is 31.0 Å². The van der Waals surface area contributed by atoms with Crippen molar-refractivity contribution in [2.45, 2.75) is 25.7 Å². The Morgan fingerprint density at radius 3 is 2.90 bits per heavy atom. The molecule has 0 bridgehead atoms. The second-order valence-corrected chi connectivity index (χ2v) is 6.15. The molecule has 0 aliphatic heterocycles. The Morgan fingerprint density at radius 1 is 1.43 bits per heavy atom. The van der Waals surface area contributed by atoms with Crippen molar-refractivity contribution in [1.82, 2.24) is 4.98 Å². The van der Waals surface area contributed by atoms with E-state index in [1.165, 1.54) is 11.3 Å². The number of nitrogens with two attached hydrogens (primary N) is 1. The maximum Gasteiger partial charge on any atom is 0.238 e. The molecular formula is C14H16N4O2S. The molecule has 21 heavy (non-hydrogen) atoms. The molecule has 3 rings (SSSR count). The van der Waals surface area contributed by atoms with Gasteiger partial charge < -0.3 is 16.3 Å². The van der Waals surface area contributed by atoms with Gasteiger partial charge in [0.1, 0.15) is 5.41 Å². The first-order valence-corrected chi connectivity index (χ1v) is 7.66. The number of carbonyl (C=O) groups excluding carboxylic acids is 1. The van der Waals surface area contributed by atoms with Crippen LogP contribution in [0.5, 0.6) is 0 Å². The number of nitrogens with one attached hydrogen (secondary N) is 1. The molecule has 1 aliphatic rings. The Morgan fingerprint density at radius 2 is 2.19 bits per heavy atom. The highest BCUT2D eigenvalue weighted by Gasteiger charge is 2.45. The summed E-state index contributed by atoms with van der Waals surface area (Å²) >= 11 is 1.52. The van der Waals surface area contributed by atoms with Gasteiger partial charge in [-0.2, -0.15) is 0 Å². The van der Waals surface area contributed by atoms with Crippen LogP contribution in [0.2, 0.25) is 0 Å². The molecule has 1 heterocycles. The fourth-order valence-electron chi connectivity index (χ4n) is 2.86. The predicted molar refractivity (Wildman–Crippen MR) is 82.6 cm³/mol. The summed E-state index contributed by atoms with van der Waals surface area (Å²) in [6, 6.07) is 5.57. The monoisotopic (exact) mass is 304 g/mol. The van der Waals surface area contributed by atoms with Gasteiger partial charge in [0.25, 0.3) is 0 Å². The van der Waals surface area contributed by atoms with Gasteiger partial charge >= 0.3 is 0 Å². The number of aromatic nitrogens is 1. The van der Waals surface area contributed by atoms with E-state index in [-0.39, 0.29) is 11.7 Å². The van der Waals surface area contributed by atoms with Crippen molar-refractivity contribution in [1.29, 1.82) is 0 Å². The molecule has 4 N–H and O–H groups in total. The summed E-state index contributed by atoms with van der Waals surface area (Å²) in [6.45, 7) is 0. The topological polar surface area (TPSA) is 101 Å². The van der Waals surface area contributed by atoms with Crippen LogP contribution in [0, 0.1) is 5.41 Å². The van der Waals surface area contributed by atoms with Gasteiger partial charge in [-0.25, -0.2) is 4.98 Å². The number of anilines is 1. The Bertz CT molecular complexity index is 704. The summed E-state index contributed by atoms with van der Waals surface area (Å²) in [7, 11) is 0. The van der Waals surface area contributed by atoms with E-state index < -0.39 is 5.41 Å². The van der Waals surface area contributed by atoms with Crippen LogP contribution in [0.25, 0.3) is 10.2 Å². The van der Waals surface area contributed by atoms with Crippen molar-refractivity contribution in [2.24, 2.45) is 16.3 Å². The molecule has 1 aromatic heterocycles. The third kappa shape index (κ3) is 2.33. The van der Waals surface area contributed by atoms with Gasteiger partial charge in [-0.3, -0.25) is 4.79 Å². The van der Waals surface area contributed by atoms with Crippen LogP contribution in [0.3, 0.4) is 0 Å². The zero-order chi connectivity index (χ0) is 14.9. The summed E-state index contributed by atoms with van der Waals surface area (Å²) in [5.74, 6) is -0.212. The molecule has 1 aromatic carbocycles. The number of nitrogens with zero attached hydrogens (tertiary/aromatic N) is 2. The minimum Gasteiger partial charge on any atom is -0.409 e. The van der Waals surface area contributed by atoms with Crippen molar-refractivity contribution in [3.05, 3.63) is 23.7 Å². The first kappa shape index (κ1) is 13.8. The molecule has 1 aliphatic carbocycles. The third-order valence-corrected chi connectivity index (χ3v) is 4.87. The first-order chi connectivity index (χ1) is 10.2. The second-order valence-electron chi connectivity index (χ2n) is 5.26. The van der Waals surface area contributed by atoms with Crippen LogP contribution >= 0.6 is 11.3 Å². The highest BCUT2D eigenvalue weighted by atomic mass is 32.1. The molecule has 6 nitrogen and oxygen atoms in total. The van der Waals surface area contributed by atoms with Crippen LogP contribution in [-0.4, -0.2) is 21.9 Å². The van der Waals surface area contributed by atoms with E-state index in [4.69, 9.17) is 10.9 Å². The number of thiazole rings is 1. The van der Waals surface area contributed by atoms with Crippen LogP contribution in [0.4, 0.5) is 5.69 Å². The van der Waals surface area contributed by atoms with Crippen molar-refractivity contribution >= 4 is 39.0 Å². The summed E-state index contributed by atoms with van der Waals surface area (Å²) in [5, 5.41) is 14.9. The van der Waals surface area contributed by atoms with Crippen LogP contribution in [-0.2, 0) is 4.79 Å². The molecule has 0 unspecified atom stereocenters. The molecule has 1 amide bonds. The summed E-state index contributed by atoms with van der Waals surface area (Å²) < 4.78 is 1.01. The third-order valence-electron chi connectivity index (χ3n) is 4.08. The zero-order valence-electron chi connectivity index (χ0n) is 11.4. The van der Waals surface area contributed by atoms with Crippen LogP contribution in [0.1, 0.15) is 25.7 Å². The molecule has 0 radical (unpaired) electrons. The lowest BCUT2D eigenvalue weighted by molar-refractivity contribution is -0.122. The Kier molecular flexibility index (Phi) is 3.50. The normalized spacial score (nSPS) is 18.0. The quantitative estimate of drug-likeness (QED) is 0.351. The average molecular weight is 304 g/mol. The fraction of sp³-hybridized carbons (Fsp3) is 0.357. The number of amidine groups is 1. The molecule has 0 saturated heterocycles. The van der Waals surface area contributed by atoms with E-state index in [0.29, 0.717) is 18.5 Å². The lowest BCUT2D eigenvalue weighted by atomic mass is 9.83. The number of oxime groups is 1. The number of rotatable bonds is 3. The predicted octanol–water partition coefficient (Wildman–Crippen LogP) is 2.54. The number of hydrogen-bond acceptors (Lipinski definition) is 5. The first-order valence-electron chi connectivity index (χ1n) is 6.78. The number of carbonyl (C=O) groups is 1. The Labute approximate surface area is 125 Å². The van der Waals surface area contributed by atoms with Crippen LogP contribution in [0.15, 0.2) is 28.9 Å². The highest BCUT2D eigenvalue weighted by molar-refractivity contribution is 7.16. The lowest BCUT2D eigenvalue weighted by Gasteiger charge is -2.25. The maximum absolute atomic E-state index is 12.6. The van der Waals surface area contributed by atoms with Crippen molar-refractivity contribution in [2.75, 3.05) is 5.32 Å². The standard InChI is InChI=1S/C14H16N4O2S/c15-12(18-20)14(5-1-2-6-14)13(19)17-9-3-4-10-11(7-9)21-8-16-10/h3-4,7-8,20H,1-2,5-6H2,(H2,15,18)(H,17,19). The van der Waals surface area contributed by atoms with Crippen molar-refractivity contribution in [3.63, 3.8) is 0 Å². The summed E-state index contributed by atoms with van der Waals surface area (Å²) in [6.07, 6.45) is 3.02. The SMILES string of the molecule is N/C(=N/O)C1(C(=O)Nc2ccc3ncsc3c2)CCCC1. The van der Waals surface area contributed by atoms with Crippen molar-refractivity contribution < 1.29 is 10.0 Å². The van der Waals surface area contributed by atoms with E-state index >= 15 is 0 Å². The molecule has 0 spiro atoms. The summed E-state index contributed by atoms with van der Waals surface area (Å²) in [4.78, 5) is 16.8. The fourth-order valence-corrected chi connectivity index (χ4v) is 3.57. The largest absolute Gasteiger partial charge is 0.409 e. The number of benzene rings is 1. The second kappa shape index (κ2) is 5.33. The molecule has 1 fully saturated rings. The molecular weight excluding hydrogens is 288 g/mol. The average Bonchev–Trinajstić information content (AvgIpc) is 3.15. The molecule has 0 atom stereocenters. The number of amides is 1. The van der Waals surface area contributed by atoms with E-state index in [9.17, 15) is 4.79 Å². The summed E-state index contributed by atoms with van der Waals surface area (Å²) in [5.41, 5.74) is 8.26. The van der Waals surface area contributed by atoms with E-state index in [1.54, 1.807) is 5.51 Å². The van der Waals surface area contributed by atoms with Crippen LogP contribution < -0.4 is 11.1 Å². The van der Waals surface area contributed by atoms with E-state index in [1.807, 2.05) is 18.2 Å². The Balaban J connectivity index is 1.87. The number of hydrogen-bond donors (Lipinski definition) is 3. The van der Waals surface area contributed by atoms with Gasteiger partial charge in [0.15, 0.2) is 5.84 Å². The van der Waals surface area contributed by atoms with E-state index in [0.717, 1.165) is 23.1 Å². The van der Waals surface area contributed by atoms with Gasteiger partial charge in [0.05, 0.1) is 15.7 Å². The highest BCUT2D eigenvalue weighted by Crippen LogP contribution is 2.39. The minimum atomic E-state index is -0.891. The smallest absolute Gasteiger partial charge is 0.238 e. The minimum absolute atomic E-state index is 0.00336. The van der Waals surface area contributed by atoms with Gasteiger partial charge in [0, 0.05) is 5.69 Å². The maximum atomic E-state index is 12.6. The Hall–Kier alpha value is -2.15. The van der Waals surface area contributed by atoms with E-state index in [2.05, 4.69) is 15.5 Å². The molecule has 7 heteroatoms. The van der Waals surface area contributed by atoms with Gasteiger partial charge in [0.2, 0.25) is 5.91 Å². The van der Waals surface area contributed by atoms with Gasteiger partial charge in [-0.15, -0.1) is 11.3 Å². The molecule has 2 aromatic rings. The molecule has 1 saturated carbocycles. The van der Waals surface area contributed by atoms with Crippen molar-refractivity contribution in [3.8, 4) is 0 Å².